The Balaban J connectivity index is 2.18. The van der Waals surface area contributed by atoms with Crippen molar-refractivity contribution in [1.82, 2.24) is 0 Å². The zero-order valence-electron chi connectivity index (χ0n) is 14.4. The lowest BCUT2D eigenvalue weighted by Crippen LogP contribution is -1.95. The van der Waals surface area contributed by atoms with Crippen LogP contribution in [0.15, 0.2) is 47.8 Å². The molecule has 0 atom stereocenters. The molecule has 3 rings (SSSR count). The molecule has 0 saturated heterocycles. The van der Waals surface area contributed by atoms with Gasteiger partial charge in [0.15, 0.2) is 0 Å². The Morgan fingerprint density at radius 2 is 1.70 bits per heavy atom. The Morgan fingerprint density at radius 1 is 0.870 bits per heavy atom. The van der Waals surface area contributed by atoms with Gasteiger partial charge in [-0.25, -0.2) is 0 Å². The van der Waals surface area contributed by atoms with Gasteiger partial charge in [-0.1, -0.05) is 43.7 Å². The van der Waals surface area contributed by atoms with E-state index in [4.69, 9.17) is 0 Å². The summed E-state index contributed by atoms with van der Waals surface area (Å²) in [5, 5.41) is 2.15. The number of thiophene rings is 1. The van der Waals surface area contributed by atoms with Crippen molar-refractivity contribution in [2.24, 2.45) is 0 Å². The van der Waals surface area contributed by atoms with Crippen LogP contribution in [0.1, 0.15) is 36.1 Å². The fourth-order valence-corrected chi connectivity index (χ4v) is 4.06. The van der Waals surface area contributed by atoms with Crippen molar-refractivity contribution in [3.05, 3.63) is 70.1 Å². The van der Waals surface area contributed by atoms with Gasteiger partial charge in [-0.2, -0.15) is 0 Å². The number of benzene rings is 2. The Kier molecular flexibility index (Phi) is 4.68. The second-order valence-electron chi connectivity index (χ2n) is 6.22. The van der Waals surface area contributed by atoms with Gasteiger partial charge in [0.2, 0.25) is 0 Å². The van der Waals surface area contributed by atoms with E-state index in [2.05, 4.69) is 75.5 Å². The van der Waals surface area contributed by atoms with Gasteiger partial charge in [0.1, 0.15) is 0 Å². The lowest BCUT2D eigenvalue weighted by Gasteiger charge is -2.16. The number of hydrogen-bond acceptors (Lipinski definition) is 1. The van der Waals surface area contributed by atoms with Crippen LogP contribution in [0.3, 0.4) is 0 Å². The quantitative estimate of drug-likeness (QED) is 0.494. The summed E-state index contributed by atoms with van der Waals surface area (Å²) in [6.45, 7) is 8.93. The minimum absolute atomic E-state index is 1.06. The maximum atomic E-state index is 2.38. The first kappa shape index (κ1) is 16.0. The van der Waals surface area contributed by atoms with Crippen molar-refractivity contribution in [2.75, 3.05) is 0 Å². The maximum Gasteiger partial charge on any atom is 0.0342 e. The van der Waals surface area contributed by atoms with Gasteiger partial charge < -0.3 is 0 Å². The van der Waals surface area contributed by atoms with Crippen molar-refractivity contribution in [1.29, 1.82) is 0 Å². The summed E-state index contributed by atoms with van der Waals surface area (Å²) >= 11 is 1.81. The van der Waals surface area contributed by atoms with E-state index in [9.17, 15) is 0 Å². The van der Waals surface area contributed by atoms with Crippen LogP contribution in [-0.2, 0) is 12.8 Å². The van der Waals surface area contributed by atoms with E-state index in [1.807, 2.05) is 11.3 Å². The molecule has 23 heavy (non-hydrogen) atoms. The third-order valence-electron chi connectivity index (χ3n) is 4.44. The largest absolute Gasteiger partial charge is 0.144 e. The molecule has 0 unspecified atom stereocenters. The molecule has 0 spiro atoms. The molecule has 3 aromatic rings. The van der Waals surface area contributed by atoms with Crippen LogP contribution in [0.25, 0.3) is 21.6 Å². The Bertz CT molecular complexity index is 810. The standard InChI is InChI=1S/C22H24S/c1-5-17-10-15(3)11-20(13-17)22-16(4)12-19(14-18(22)6-2)21-8-7-9-23-21/h7-14H,5-6H2,1-4H3. The molecule has 0 amide bonds. The monoisotopic (exact) mass is 320 g/mol. The van der Waals surface area contributed by atoms with Crippen LogP contribution >= 0.6 is 11.3 Å². The SMILES string of the molecule is CCc1cc(C)cc(-c2c(C)cc(-c3cccs3)cc2CC)c1. The predicted octanol–water partition coefficient (Wildman–Crippen LogP) is 6.82. The van der Waals surface area contributed by atoms with Crippen LogP contribution in [0.5, 0.6) is 0 Å². The van der Waals surface area contributed by atoms with Gasteiger partial charge in [0.25, 0.3) is 0 Å². The van der Waals surface area contributed by atoms with Gasteiger partial charge >= 0.3 is 0 Å². The molecule has 1 heteroatoms. The van der Waals surface area contributed by atoms with E-state index >= 15 is 0 Å². The smallest absolute Gasteiger partial charge is 0.0342 e. The normalized spacial score (nSPS) is 11.0. The lowest BCUT2D eigenvalue weighted by atomic mass is 9.89. The molecule has 0 aliphatic rings. The van der Waals surface area contributed by atoms with Gasteiger partial charge in [0, 0.05) is 4.88 Å². The summed E-state index contributed by atoms with van der Waals surface area (Å²) in [7, 11) is 0. The Morgan fingerprint density at radius 3 is 2.35 bits per heavy atom. The van der Waals surface area contributed by atoms with E-state index in [1.54, 1.807) is 0 Å². The van der Waals surface area contributed by atoms with Gasteiger partial charge in [-0.3, -0.25) is 0 Å². The second-order valence-corrected chi connectivity index (χ2v) is 7.17. The van der Waals surface area contributed by atoms with E-state index in [0.717, 1.165) is 12.8 Å². The molecule has 118 valence electrons. The molecule has 1 aromatic heterocycles. The van der Waals surface area contributed by atoms with E-state index < -0.39 is 0 Å². The molecule has 0 radical (unpaired) electrons. The van der Waals surface area contributed by atoms with Crippen LogP contribution in [0.2, 0.25) is 0 Å². The van der Waals surface area contributed by atoms with Gasteiger partial charge in [-0.05, 0) is 83.6 Å². The van der Waals surface area contributed by atoms with Crippen molar-refractivity contribution >= 4 is 11.3 Å². The average Bonchev–Trinajstić information content (AvgIpc) is 3.07. The van der Waals surface area contributed by atoms with Crippen LogP contribution in [0, 0.1) is 13.8 Å². The highest BCUT2D eigenvalue weighted by Gasteiger charge is 2.12. The zero-order chi connectivity index (χ0) is 16.4. The summed E-state index contributed by atoms with van der Waals surface area (Å²) in [5.74, 6) is 0. The fourth-order valence-electron chi connectivity index (χ4n) is 3.35. The fraction of sp³-hybridized carbons (Fsp3) is 0.273. The molecular weight excluding hydrogens is 296 g/mol. The minimum Gasteiger partial charge on any atom is -0.144 e. The van der Waals surface area contributed by atoms with Gasteiger partial charge in [0.05, 0.1) is 0 Å². The Labute approximate surface area is 143 Å². The molecule has 0 aliphatic heterocycles. The third kappa shape index (κ3) is 3.25. The molecule has 2 aromatic carbocycles. The summed E-state index contributed by atoms with van der Waals surface area (Å²) in [4.78, 5) is 1.35. The zero-order valence-corrected chi connectivity index (χ0v) is 15.3. The molecule has 0 bridgehead atoms. The highest BCUT2D eigenvalue weighted by Crippen LogP contribution is 2.35. The van der Waals surface area contributed by atoms with Crippen molar-refractivity contribution in [2.45, 2.75) is 40.5 Å². The molecule has 0 fully saturated rings. The van der Waals surface area contributed by atoms with Crippen LogP contribution in [0.4, 0.5) is 0 Å². The van der Waals surface area contributed by atoms with Crippen molar-refractivity contribution < 1.29 is 0 Å². The average molecular weight is 321 g/mol. The highest BCUT2D eigenvalue weighted by molar-refractivity contribution is 7.13. The first-order chi connectivity index (χ1) is 11.1. The van der Waals surface area contributed by atoms with E-state index in [1.165, 1.54) is 43.8 Å². The van der Waals surface area contributed by atoms with Crippen molar-refractivity contribution in [3.63, 3.8) is 0 Å². The number of rotatable bonds is 4. The second kappa shape index (κ2) is 6.72. The maximum absolute atomic E-state index is 2.38. The lowest BCUT2D eigenvalue weighted by molar-refractivity contribution is 1.12. The van der Waals surface area contributed by atoms with Crippen LogP contribution in [-0.4, -0.2) is 0 Å². The van der Waals surface area contributed by atoms with E-state index in [0.29, 0.717) is 0 Å². The third-order valence-corrected chi connectivity index (χ3v) is 5.36. The topological polar surface area (TPSA) is 0 Å². The minimum atomic E-state index is 1.06. The predicted molar refractivity (Wildman–Crippen MR) is 103 cm³/mol. The van der Waals surface area contributed by atoms with Crippen molar-refractivity contribution in [3.8, 4) is 21.6 Å². The first-order valence-corrected chi connectivity index (χ1v) is 9.28. The summed E-state index contributed by atoms with van der Waals surface area (Å²) in [6.07, 6.45) is 2.15. The molecule has 0 nitrogen and oxygen atoms in total. The molecule has 0 N–H and O–H groups in total. The number of aryl methyl sites for hydroxylation is 4. The van der Waals surface area contributed by atoms with Crippen LogP contribution < -0.4 is 0 Å². The Hall–Kier alpha value is -1.86. The van der Waals surface area contributed by atoms with E-state index in [-0.39, 0.29) is 0 Å². The highest BCUT2D eigenvalue weighted by atomic mass is 32.1. The molecular formula is C22H24S. The summed E-state index contributed by atoms with van der Waals surface area (Å²) in [5.41, 5.74) is 9.73. The molecule has 1 heterocycles. The summed E-state index contributed by atoms with van der Waals surface area (Å²) < 4.78 is 0. The first-order valence-electron chi connectivity index (χ1n) is 8.40. The summed E-state index contributed by atoms with van der Waals surface area (Å²) in [6, 6.07) is 16.0. The molecule has 0 saturated carbocycles. The molecule has 0 aliphatic carbocycles. The number of hydrogen-bond donors (Lipinski definition) is 0. The van der Waals surface area contributed by atoms with Gasteiger partial charge in [-0.15, -0.1) is 11.3 Å².